The SMILES string of the molecule is CCN(CC)C[C@H](O)CSc1ccc(C)cc1. The lowest BCUT2D eigenvalue weighted by atomic mass is 10.2. The normalized spacial score (nSPS) is 13.0. The van der Waals surface area contributed by atoms with E-state index in [-0.39, 0.29) is 6.10 Å². The number of aliphatic hydroxyl groups is 1. The van der Waals surface area contributed by atoms with Gasteiger partial charge in [-0.05, 0) is 32.1 Å². The van der Waals surface area contributed by atoms with Gasteiger partial charge in [0.15, 0.2) is 0 Å². The Morgan fingerprint density at radius 1 is 1.18 bits per heavy atom. The van der Waals surface area contributed by atoms with Gasteiger partial charge in [0.2, 0.25) is 0 Å². The number of hydrogen-bond acceptors (Lipinski definition) is 3. The summed E-state index contributed by atoms with van der Waals surface area (Å²) >= 11 is 1.72. The topological polar surface area (TPSA) is 23.5 Å². The van der Waals surface area contributed by atoms with Crippen LogP contribution in [0.5, 0.6) is 0 Å². The molecule has 1 atom stereocenters. The Bertz CT molecular complexity index is 309. The van der Waals surface area contributed by atoms with Crippen molar-refractivity contribution in [3.63, 3.8) is 0 Å². The average Bonchev–Trinajstić information content (AvgIpc) is 2.35. The van der Waals surface area contributed by atoms with Gasteiger partial charge in [0, 0.05) is 17.2 Å². The molecule has 0 amide bonds. The number of aryl methyl sites for hydroxylation is 1. The zero-order chi connectivity index (χ0) is 12.7. The van der Waals surface area contributed by atoms with E-state index >= 15 is 0 Å². The van der Waals surface area contributed by atoms with Gasteiger partial charge >= 0.3 is 0 Å². The van der Waals surface area contributed by atoms with Crippen LogP contribution in [0.2, 0.25) is 0 Å². The predicted octanol–water partition coefficient (Wildman–Crippen LogP) is 2.79. The third-order valence-electron chi connectivity index (χ3n) is 2.83. The maximum Gasteiger partial charge on any atom is 0.0760 e. The molecule has 1 rings (SSSR count). The van der Waals surface area contributed by atoms with E-state index < -0.39 is 0 Å². The Kier molecular flexibility index (Phi) is 6.63. The smallest absolute Gasteiger partial charge is 0.0760 e. The van der Waals surface area contributed by atoms with Crippen molar-refractivity contribution in [2.24, 2.45) is 0 Å². The van der Waals surface area contributed by atoms with E-state index in [0.29, 0.717) is 0 Å². The third kappa shape index (κ3) is 5.57. The minimum Gasteiger partial charge on any atom is -0.391 e. The van der Waals surface area contributed by atoms with Gasteiger partial charge < -0.3 is 10.0 Å². The number of hydrogen-bond donors (Lipinski definition) is 1. The highest BCUT2D eigenvalue weighted by atomic mass is 32.2. The number of thioether (sulfide) groups is 1. The molecule has 0 unspecified atom stereocenters. The average molecular weight is 253 g/mol. The summed E-state index contributed by atoms with van der Waals surface area (Å²) in [6.07, 6.45) is -0.249. The van der Waals surface area contributed by atoms with Crippen LogP contribution >= 0.6 is 11.8 Å². The molecule has 0 heterocycles. The van der Waals surface area contributed by atoms with Crippen LogP contribution in [0, 0.1) is 6.92 Å². The van der Waals surface area contributed by atoms with Crippen LogP contribution in [-0.4, -0.2) is 41.5 Å². The van der Waals surface area contributed by atoms with Gasteiger partial charge in [0.05, 0.1) is 6.10 Å². The lowest BCUT2D eigenvalue weighted by Gasteiger charge is -2.21. The molecular formula is C14H23NOS. The molecule has 0 bridgehead atoms. The molecule has 1 aromatic carbocycles. The van der Waals surface area contributed by atoms with E-state index in [0.717, 1.165) is 25.4 Å². The lowest BCUT2D eigenvalue weighted by Crippen LogP contribution is -2.33. The Labute approximate surface area is 109 Å². The van der Waals surface area contributed by atoms with Crippen LogP contribution in [0.4, 0.5) is 0 Å². The summed E-state index contributed by atoms with van der Waals surface area (Å²) in [5.41, 5.74) is 1.28. The molecule has 0 fully saturated rings. The van der Waals surface area contributed by atoms with Crippen LogP contribution in [0.1, 0.15) is 19.4 Å². The molecular weight excluding hydrogens is 230 g/mol. The van der Waals surface area contributed by atoms with E-state index in [2.05, 4.69) is 49.9 Å². The van der Waals surface area contributed by atoms with E-state index in [1.165, 1.54) is 10.5 Å². The van der Waals surface area contributed by atoms with Gasteiger partial charge in [-0.2, -0.15) is 0 Å². The van der Waals surface area contributed by atoms with E-state index in [1.54, 1.807) is 11.8 Å². The summed E-state index contributed by atoms with van der Waals surface area (Å²) in [6.45, 7) is 9.12. The number of likely N-dealkylation sites (N-methyl/N-ethyl adjacent to an activating group) is 1. The summed E-state index contributed by atoms with van der Waals surface area (Å²) in [7, 11) is 0. The fourth-order valence-corrected chi connectivity index (χ4v) is 2.48. The van der Waals surface area contributed by atoms with Gasteiger partial charge in [-0.3, -0.25) is 0 Å². The molecule has 2 nitrogen and oxygen atoms in total. The number of aliphatic hydroxyl groups excluding tert-OH is 1. The van der Waals surface area contributed by atoms with E-state index in [1.807, 2.05) is 0 Å². The highest BCUT2D eigenvalue weighted by molar-refractivity contribution is 7.99. The fourth-order valence-electron chi connectivity index (χ4n) is 1.66. The Hall–Kier alpha value is -0.510. The van der Waals surface area contributed by atoms with Crippen LogP contribution in [0.3, 0.4) is 0 Å². The monoisotopic (exact) mass is 253 g/mol. The first-order chi connectivity index (χ1) is 8.15. The van der Waals surface area contributed by atoms with Crippen LogP contribution in [0.25, 0.3) is 0 Å². The Balaban J connectivity index is 2.32. The Morgan fingerprint density at radius 2 is 1.76 bits per heavy atom. The van der Waals surface area contributed by atoms with Gasteiger partial charge in [-0.25, -0.2) is 0 Å². The summed E-state index contributed by atoms with van der Waals surface area (Å²) < 4.78 is 0. The van der Waals surface area contributed by atoms with Crippen molar-refractivity contribution in [2.45, 2.75) is 31.8 Å². The second kappa shape index (κ2) is 7.75. The molecule has 1 N–H and O–H groups in total. The van der Waals surface area contributed by atoms with Crippen molar-refractivity contribution in [1.29, 1.82) is 0 Å². The first kappa shape index (κ1) is 14.6. The lowest BCUT2D eigenvalue weighted by molar-refractivity contribution is 0.137. The number of benzene rings is 1. The molecule has 0 aromatic heterocycles. The second-order valence-corrected chi connectivity index (χ2v) is 5.36. The zero-order valence-electron chi connectivity index (χ0n) is 11.0. The van der Waals surface area contributed by atoms with Gasteiger partial charge in [0.1, 0.15) is 0 Å². The van der Waals surface area contributed by atoms with Crippen molar-refractivity contribution in [1.82, 2.24) is 4.90 Å². The van der Waals surface area contributed by atoms with E-state index in [4.69, 9.17) is 0 Å². The van der Waals surface area contributed by atoms with Crippen LogP contribution < -0.4 is 0 Å². The standard InChI is InChI=1S/C14H23NOS/c1-4-15(5-2)10-13(16)11-17-14-8-6-12(3)7-9-14/h6-9,13,16H,4-5,10-11H2,1-3H3/t13-/m0/s1. The molecule has 0 aliphatic rings. The molecule has 1 aromatic rings. The van der Waals surface area contributed by atoms with E-state index in [9.17, 15) is 5.11 Å². The molecule has 17 heavy (non-hydrogen) atoms. The quantitative estimate of drug-likeness (QED) is 0.756. The third-order valence-corrected chi connectivity index (χ3v) is 3.98. The minimum atomic E-state index is -0.249. The highest BCUT2D eigenvalue weighted by Crippen LogP contribution is 2.19. The second-order valence-electron chi connectivity index (χ2n) is 4.26. The fraction of sp³-hybridized carbons (Fsp3) is 0.571. The van der Waals surface area contributed by atoms with Gasteiger partial charge in [-0.15, -0.1) is 11.8 Å². The zero-order valence-corrected chi connectivity index (χ0v) is 11.8. The first-order valence-corrected chi connectivity index (χ1v) is 7.24. The molecule has 0 radical (unpaired) electrons. The summed E-state index contributed by atoms with van der Waals surface area (Å²) in [5.74, 6) is 0.763. The highest BCUT2D eigenvalue weighted by Gasteiger charge is 2.09. The number of nitrogens with zero attached hydrogens (tertiary/aromatic N) is 1. The van der Waals surface area contributed by atoms with Crippen LogP contribution in [0.15, 0.2) is 29.2 Å². The van der Waals surface area contributed by atoms with Crippen molar-refractivity contribution in [3.05, 3.63) is 29.8 Å². The molecule has 0 spiro atoms. The molecule has 0 saturated heterocycles. The van der Waals surface area contributed by atoms with Gasteiger partial charge in [-0.1, -0.05) is 31.5 Å². The van der Waals surface area contributed by atoms with Crippen molar-refractivity contribution < 1.29 is 5.11 Å². The van der Waals surface area contributed by atoms with Crippen molar-refractivity contribution in [3.8, 4) is 0 Å². The van der Waals surface area contributed by atoms with Crippen LogP contribution in [-0.2, 0) is 0 Å². The minimum absolute atomic E-state index is 0.249. The summed E-state index contributed by atoms with van der Waals surface area (Å²) in [4.78, 5) is 3.48. The Morgan fingerprint density at radius 3 is 2.29 bits per heavy atom. The molecule has 3 heteroatoms. The van der Waals surface area contributed by atoms with Crippen molar-refractivity contribution >= 4 is 11.8 Å². The maximum atomic E-state index is 9.94. The number of rotatable bonds is 7. The first-order valence-electron chi connectivity index (χ1n) is 6.25. The molecule has 0 saturated carbocycles. The summed E-state index contributed by atoms with van der Waals surface area (Å²) in [6, 6.07) is 8.45. The summed E-state index contributed by atoms with van der Waals surface area (Å²) in [5, 5.41) is 9.94. The molecule has 96 valence electrons. The van der Waals surface area contributed by atoms with Crippen molar-refractivity contribution in [2.75, 3.05) is 25.4 Å². The molecule has 0 aliphatic carbocycles. The van der Waals surface area contributed by atoms with Gasteiger partial charge in [0.25, 0.3) is 0 Å². The maximum absolute atomic E-state index is 9.94. The largest absolute Gasteiger partial charge is 0.391 e. The molecule has 0 aliphatic heterocycles. The predicted molar refractivity (Wildman–Crippen MR) is 75.7 cm³/mol.